The van der Waals surface area contributed by atoms with Crippen molar-refractivity contribution in [1.29, 1.82) is 0 Å². The van der Waals surface area contributed by atoms with Crippen molar-refractivity contribution in [2.45, 2.75) is 122 Å². The summed E-state index contributed by atoms with van der Waals surface area (Å²) in [5, 5.41) is 56.8. The van der Waals surface area contributed by atoms with E-state index >= 15 is 0 Å². The highest BCUT2D eigenvalue weighted by molar-refractivity contribution is 7.80. The average molecular weight is 879 g/mol. The Hall–Kier alpha value is -5.11. The largest absolute Gasteiger partial charge is 0.480 e. The van der Waals surface area contributed by atoms with E-state index in [1.807, 2.05) is 0 Å². The lowest BCUT2D eigenvalue weighted by molar-refractivity contribution is -0.143. The van der Waals surface area contributed by atoms with Crippen LogP contribution in [-0.2, 0) is 47.9 Å². The van der Waals surface area contributed by atoms with Crippen molar-refractivity contribution in [1.82, 2.24) is 42.5 Å². The van der Waals surface area contributed by atoms with E-state index in [0.717, 1.165) is 6.92 Å². The molecule has 9 atom stereocenters. The van der Waals surface area contributed by atoms with Crippen LogP contribution in [0.3, 0.4) is 0 Å². The van der Waals surface area contributed by atoms with E-state index in [0.29, 0.717) is 0 Å². The topological polar surface area (TPSA) is 400 Å². The van der Waals surface area contributed by atoms with E-state index in [4.69, 9.17) is 16.6 Å². The van der Waals surface area contributed by atoms with Crippen LogP contribution in [0.1, 0.15) is 67.2 Å². The van der Waals surface area contributed by atoms with E-state index in [2.05, 4.69) is 55.2 Å². The molecule has 24 nitrogen and oxygen atoms in total. The molecule has 0 spiro atoms. The van der Waals surface area contributed by atoms with Crippen LogP contribution in [0.15, 0.2) is 0 Å². The summed E-state index contributed by atoms with van der Waals surface area (Å²) < 4.78 is 0. The molecule has 0 aromatic heterocycles. The summed E-state index contributed by atoms with van der Waals surface area (Å²) in [4.78, 5) is 126. The standard InChI is InChI=1S/C35H62N10O14S/c1-15(2)9-21(31(54)43-22(35(58)59)10-16(3)4)42-28(51)17(5)39-30(53)20(7-8-25(37)49)41-32(55)23(13-47)40-26(50)11-38-34(57)27(18(6)48)45-33(56)24(14-60)44-29(52)19(36)12-46/h15-24,27,46-48,60H,7-14,36H2,1-6H3,(H2,37,49)(H,38,57)(H,39,53)(H,40,50)(H,41,55)(H,42,51)(H,43,54)(H,44,52)(H,45,56)(H,58,59)/t17-,18+,19-,20-,21-,22-,23-,24-,27-/m0/s1. The lowest BCUT2D eigenvalue weighted by atomic mass is 10.0. The number of rotatable bonds is 28. The quantitative estimate of drug-likeness (QED) is 0.0325. The molecular weight excluding hydrogens is 817 g/mol. The summed E-state index contributed by atoms with van der Waals surface area (Å²) in [7, 11) is 0. The second kappa shape index (κ2) is 27.6. The Bertz CT molecular complexity index is 1520. The molecular formula is C35H62N10O14S. The Kier molecular flexibility index (Phi) is 25.3. The predicted molar refractivity (Wildman–Crippen MR) is 215 cm³/mol. The molecule has 0 rings (SSSR count). The summed E-state index contributed by atoms with van der Waals surface area (Å²) in [5.74, 6) is -10.4. The second-order valence-corrected chi connectivity index (χ2v) is 15.2. The van der Waals surface area contributed by atoms with Crippen LogP contribution in [0.2, 0.25) is 0 Å². The van der Waals surface area contributed by atoms with Crippen molar-refractivity contribution < 1.29 is 68.4 Å². The van der Waals surface area contributed by atoms with Crippen LogP contribution in [-0.4, -0.2) is 160 Å². The van der Waals surface area contributed by atoms with Crippen molar-refractivity contribution in [2.24, 2.45) is 23.3 Å². The van der Waals surface area contributed by atoms with Crippen LogP contribution >= 0.6 is 12.6 Å². The van der Waals surface area contributed by atoms with Gasteiger partial charge in [-0.25, -0.2) is 4.79 Å². The van der Waals surface area contributed by atoms with Crippen molar-refractivity contribution in [3.8, 4) is 0 Å². The Morgan fingerprint density at radius 3 is 1.55 bits per heavy atom. The molecule has 0 saturated heterocycles. The van der Waals surface area contributed by atoms with E-state index in [9.17, 15) is 63.3 Å². The zero-order valence-corrected chi connectivity index (χ0v) is 35.4. The molecule has 0 radical (unpaired) electrons. The summed E-state index contributed by atoms with van der Waals surface area (Å²) in [6.07, 6.45) is -2.12. The molecule has 0 saturated carbocycles. The van der Waals surface area contributed by atoms with E-state index < -0.39 is 146 Å². The molecule has 0 aliphatic heterocycles. The van der Waals surface area contributed by atoms with Crippen molar-refractivity contribution >= 4 is 71.8 Å². The summed E-state index contributed by atoms with van der Waals surface area (Å²) in [6.45, 7) is 6.87. The summed E-state index contributed by atoms with van der Waals surface area (Å²) >= 11 is 3.97. The van der Waals surface area contributed by atoms with Crippen molar-refractivity contribution in [3.63, 3.8) is 0 Å². The minimum absolute atomic E-state index is 0.0712. The number of primary amides is 1. The number of carboxylic acid groups (broad SMARTS) is 1. The van der Waals surface area contributed by atoms with Gasteiger partial charge in [0.2, 0.25) is 53.2 Å². The van der Waals surface area contributed by atoms with Gasteiger partial charge >= 0.3 is 5.97 Å². The number of nitrogens with two attached hydrogens (primary N) is 2. The summed E-state index contributed by atoms with van der Waals surface area (Å²) in [5.41, 5.74) is 10.7. The smallest absolute Gasteiger partial charge is 0.326 e. The number of hydrogen-bond acceptors (Lipinski definition) is 15. The fourth-order valence-electron chi connectivity index (χ4n) is 5.10. The van der Waals surface area contributed by atoms with Crippen LogP contribution < -0.4 is 54.0 Å². The third kappa shape index (κ3) is 20.7. The van der Waals surface area contributed by atoms with Gasteiger partial charge in [0.1, 0.15) is 48.3 Å². The van der Waals surface area contributed by atoms with Crippen LogP contribution in [0.4, 0.5) is 0 Å². The molecule has 0 aliphatic rings. The van der Waals surface area contributed by atoms with E-state index in [1.54, 1.807) is 27.7 Å². The van der Waals surface area contributed by atoms with Gasteiger partial charge in [-0.05, 0) is 44.9 Å². The maximum atomic E-state index is 13.3. The van der Waals surface area contributed by atoms with Gasteiger partial charge in [-0.3, -0.25) is 43.2 Å². The molecule has 0 heterocycles. The molecule has 0 bridgehead atoms. The maximum absolute atomic E-state index is 13.3. The van der Waals surface area contributed by atoms with Gasteiger partial charge in [0, 0.05) is 12.2 Å². The highest BCUT2D eigenvalue weighted by atomic mass is 32.1. The Balaban J connectivity index is 5.71. The predicted octanol–water partition coefficient (Wildman–Crippen LogP) is -6.42. The summed E-state index contributed by atoms with van der Waals surface area (Å²) in [6, 6.07) is -11.4. The molecule has 16 N–H and O–H groups in total. The van der Waals surface area contributed by atoms with E-state index in [1.165, 1.54) is 6.92 Å². The van der Waals surface area contributed by atoms with Gasteiger partial charge in [0.05, 0.1) is 25.9 Å². The minimum Gasteiger partial charge on any atom is -0.480 e. The number of carboxylic acids is 1. The number of amides is 9. The lowest BCUT2D eigenvalue weighted by Gasteiger charge is -2.26. The number of nitrogens with one attached hydrogen (secondary N) is 8. The number of aliphatic hydroxyl groups is 3. The Labute approximate surface area is 352 Å². The third-order valence-corrected chi connectivity index (χ3v) is 8.76. The highest BCUT2D eigenvalue weighted by Gasteiger charge is 2.33. The number of carbonyl (C=O) groups excluding carboxylic acids is 9. The lowest BCUT2D eigenvalue weighted by Crippen LogP contribution is -2.60. The van der Waals surface area contributed by atoms with Crippen LogP contribution in [0, 0.1) is 11.8 Å². The first kappa shape index (κ1) is 54.9. The number of carbonyl (C=O) groups is 10. The SMILES string of the molecule is CC(C)C[C@H](NC(=O)[C@H](CC(C)C)NC(=O)[C@H](C)NC(=O)[C@H](CCC(N)=O)NC(=O)[C@H](CO)NC(=O)CNC(=O)[C@@H](NC(=O)[C@H](CS)NC(=O)[C@@H](N)CO)[C@@H](C)O)C(=O)O. The highest BCUT2D eigenvalue weighted by Crippen LogP contribution is 2.10. The van der Waals surface area contributed by atoms with Crippen LogP contribution in [0.5, 0.6) is 0 Å². The Morgan fingerprint density at radius 1 is 0.583 bits per heavy atom. The zero-order valence-electron chi connectivity index (χ0n) is 34.5. The average Bonchev–Trinajstić information content (AvgIpc) is 3.16. The van der Waals surface area contributed by atoms with Gasteiger partial charge in [0.25, 0.3) is 0 Å². The normalized spacial score (nSPS) is 15.6. The molecule has 0 aromatic rings. The number of thiol groups is 1. The molecule has 0 aromatic carbocycles. The first-order valence-electron chi connectivity index (χ1n) is 19.0. The fraction of sp³-hybridized carbons (Fsp3) is 0.714. The maximum Gasteiger partial charge on any atom is 0.326 e. The monoisotopic (exact) mass is 878 g/mol. The molecule has 60 heavy (non-hydrogen) atoms. The second-order valence-electron chi connectivity index (χ2n) is 14.8. The number of aliphatic hydroxyl groups excluding tert-OH is 3. The van der Waals surface area contributed by atoms with Gasteiger partial charge < -0.3 is 74.4 Å². The third-order valence-electron chi connectivity index (χ3n) is 8.40. The molecule has 342 valence electrons. The molecule has 0 aliphatic carbocycles. The molecule has 0 unspecified atom stereocenters. The van der Waals surface area contributed by atoms with Gasteiger partial charge in [-0.2, -0.15) is 12.6 Å². The zero-order chi connectivity index (χ0) is 46.4. The molecule has 0 fully saturated rings. The number of aliphatic carboxylic acids is 1. The minimum atomic E-state index is -1.74. The van der Waals surface area contributed by atoms with Crippen molar-refractivity contribution in [3.05, 3.63) is 0 Å². The van der Waals surface area contributed by atoms with Gasteiger partial charge in [0.15, 0.2) is 0 Å². The van der Waals surface area contributed by atoms with E-state index in [-0.39, 0.29) is 30.4 Å². The first-order valence-corrected chi connectivity index (χ1v) is 19.7. The van der Waals surface area contributed by atoms with Crippen LogP contribution in [0.25, 0.3) is 0 Å². The Morgan fingerprint density at radius 2 is 1.07 bits per heavy atom. The van der Waals surface area contributed by atoms with Crippen molar-refractivity contribution in [2.75, 3.05) is 25.5 Å². The van der Waals surface area contributed by atoms with Gasteiger partial charge in [-0.15, -0.1) is 0 Å². The fourth-order valence-corrected chi connectivity index (χ4v) is 5.36. The molecule has 9 amide bonds. The molecule has 25 heteroatoms. The first-order chi connectivity index (χ1) is 27.9. The van der Waals surface area contributed by atoms with Gasteiger partial charge in [-0.1, -0.05) is 27.7 Å². The number of hydrogen-bond donors (Lipinski definition) is 15.